The zero-order valence-corrected chi connectivity index (χ0v) is 10.1. The molecule has 0 fully saturated rings. The molecule has 3 rings (SSSR count). The molecular formula is C13H13N5. The summed E-state index contributed by atoms with van der Waals surface area (Å²) in [5.41, 5.74) is 3.26. The van der Waals surface area contributed by atoms with Gasteiger partial charge in [-0.15, -0.1) is 0 Å². The summed E-state index contributed by atoms with van der Waals surface area (Å²) < 4.78 is 1.92. The second-order valence-corrected chi connectivity index (χ2v) is 4.09. The van der Waals surface area contributed by atoms with Crippen LogP contribution in [0.15, 0.2) is 36.9 Å². The third-order valence-electron chi connectivity index (χ3n) is 2.70. The number of hydrogen-bond donors (Lipinski definition) is 0. The minimum Gasteiger partial charge on any atom is -0.272 e. The average Bonchev–Trinajstić information content (AvgIpc) is 2.87. The molecule has 0 aliphatic carbocycles. The van der Waals surface area contributed by atoms with Crippen LogP contribution in [0.5, 0.6) is 0 Å². The van der Waals surface area contributed by atoms with E-state index in [2.05, 4.69) is 27.0 Å². The van der Waals surface area contributed by atoms with E-state index in [0.717, 1.165) is 29.7 Å². The van der Waals surface area contributed by atoms with Crippen molar-refractivity contribution < 1.29 is 0 Å². The van der Waals surface area contributed by atoms with Gasteiger partial charge in [0.2, 0.25) is 0 Å². The summed E-state index contributed by atoms with van der Waals surface area (Å²) >= 11 is 0. The Morgan fingerprint density at radius 3 is 3.06 bits per heavy atom. The van der Waals surface area contributed by atoms with Gasteiger partial charge in [-0.05, 0) is 18.6 Å². The summed E-state index contributed by atoms with van der Waals surface area (Å²) in [6.07, 6.45) is 8.35. The fourth-order valence-corrected chi connectivity index (χ4v) is 1.84. The molecule has 0 bridgehead atoms. The molecule has 18 heavy (non-hydrogen) atoms. The van der Waals surface area contributed by atoms with Crippen LogP contribution >= 0.6 is 0 Å². The second kappa shape index (κ2) is 4.52. The predicted molar refractivity (Wildman–Crippen MR) is 68.8 cm³/mol. The summed E-state index contributed by atoms with van der Waals surface area (Å²) in [6, 6.07) is 3.76. The fourth-order valence-electron chi connectivity index (χ4n) is 1.84. The molecule has 5 nitrogen and oxygen atoms in total. The largest absolute Gasteiger partial charge is 0.272 e. The summed E-state index contributed by atoms with van der Waals surface area (Å²) in [5.74, 6) is 0. The van der Waals surface area contributed by atoms with E-state index in [1.807, 2.05) is 29.2 Å². The predicted octanol–water partition coefficient (Wildman–Crippen LogP) is 2.30. The van der Waals surface area contributed by atoms with E-state index >= 15 is 0 Å². The topological polar surface area (TPSA) is 56.5 Å². The van der Waals surface area contributed by atoms with Crippen molar-refractivity contribution >= 4 is 11.2 Å². The van der Waals surface area contributed by atoms with Crippen LogP contribution in [0.4, 0.5) is 0 Å². The van der Waals surface area contributed by atoms with Crippen molar-refractivity contribution in [2.24, 2.45) is 0 Å². The average molecular weight is 239 g/mol. The van der Waals surface area contributed by atoms with Gasteiger partial charge < -0.3 is 0 Å². The molecule has 3 heterocycles. The van der Waals surface area contributed by atoms with E-state index in [1.165, 1.54) is 0 Å². The van der Waals surface area contributed by atoms with Crippen molar-refractivity contribution in [3.63, 3.8) is 0 Å². The number of aryl methyl sites for hydroxylation is 1. The van der Waals surface area contributed by atoms with Crippen molar-refractivity contribution in [2.45, 2.75) is 19.9 Å². The van der Waals surface area contributed by atoms with Gasteiger partial charge in [-0.2, -0.15) is 5.10 Å². The van der Waals surface area contributed by atoms with E-state index in [0.29, 0.717) is 5.65 Å². The van der Waals surface area contributed by atoms with Gasteiger partial charge in [0.1, 0.15) is 5.52 Å². The highest BCUT2D eigenvalue weighted by atomic mass is 15.3. The first kappa shape index (κ1) is 10.8. The molecule has 0 unspecified atom stereocenters. The Labute approximate surface area is 105 Å². The van der Waals surface area contributed by atoms with Crippen molar-refractivity contribution in [3.05, 3.63) is 36.9 Å². The molecule has 0 atom stereocenters. The van der Waals surface area contributed by atoms with Crippen molar-refractivity contribution in [2.75, 3.05) is 0 Å². The lowest BCUT2D eigenvalue weighted by atomic mass is 10.2. The Kier molecular flexibility index (Phi) is 2.72. The SMILES string of the molecule is CCCn1cc(-c2cnc3cccnc3n2)cn1. The molecule has 0 saturated carbocycles. The highest BCUT2D eigenvalue weighted by molar-refractivity contribution is 5.72. The quantitative estimate of drug-likeness (QED) is 0.703. The van der Waals surface area contributed by atoms with Gasteiger partial charge in [-0.3, -0.25) is 9.67 Å². The van der Waals surface area contributed by atoms with Gasteiger partial charge in [0, 0.05) is 24.5 Å². The van der Waals surface area contributed by atoms with Gasteiger partial charge in [-0.1, -0.05) is 6.92 Å². The smallest absolute Gasteiger partial charge is 0.178 e. The number of pyridine rings is 1. The number of hydrogen-bond acceptors (Lipinski definition) is 4. The molecule has 0 amide bonds. The maximum Gasteiger partial charge on any atom is 0.178 e. The van der Waals surface area contributed by atoms with Crippen LogP contribution in [0, 0.1) is 0 Å². The lowest BCUT2D eigenvalue weighted by Crippen LogP contribution is -1.95. The van der Waals surface area contributed by atoms with E-state index in [1.54, 1.807) is 12.4 Å². The Bertz CT molecular complexity index is 674. The third kappa shape index (κ3) is 1.95. The lowest BCUT2D eigenvalue weighted by Gasteiger charge is -1.98. The first-order valence-corrected chi connectivity index (χ1v) is 5.97. The Morgan fingerprint density at radius 2 is 2.17 bits per heavy atom. The standard InChI is InChI=1S/C13H13N5/c1-2-6-18-9-10(7-16-18)12-8-15-11-4-3-5-14-13(11)17-12/h3-5,7-9H,2,6H2,1H3. The summed E-state index contributed by atoms with van der Waals surface area (Å²) in [5, 5.41) is 4.29. The molecule has 0 radical (unpaired) electrons. The molecule has 0 aliphatic rings. The molecule has 3 aromatic rings. The van der Waals surface area contributed by atoms with Crippen LogP contribution in [0.1, 0.15) is 13.3 Å². The van der Waals surface area contributed by atoms with Gasteiger partial charge in [-0.25, -0.2) is 9.97 Å². The maximum atomic E-state index is 4.49. The number of rotatable bonds is 3. The van der Waals surface area contributed by atoms with Crippen LogP contribution in [0.3, 0.4) is 0 Å². The van der Waals surface area contributed by atoms with Crippen molar-refractivity contribution in [1.82, 2.24) is 24.7 Å². The molecule has 5 heteroatoms. The zero-order valence-electron chi connectivity index (χ0n) is 10.1. The highest BCUT2D eigenvalue weighted by Crippen LogP contribution is 2.17. The van der Waals surface area contributed by atoms with E-state index in [9.17, 15) is 0 Å². The summed E-state index contributed by atoms with van der Waals surface area (Å²) in [7, 11) is 0. The first-order chi connectivity index (χ1) is 8.86. The van der Waals surface area contributed by atoms with Crippen LogP contribution in [-0.4, -0.2) is 24.7 Å². The van der Waals surface area contributed by atoms with Crippen LogP contribution < -0.4 is 0 Å². The molecule has 3 aromatic heterocycles. The normalized spacial score (nSPS) is 10.9. The molecule has 0 spiro atoms. The maximum absolute atomic E-state index is 4.49. The minimum atomic E-state index is 0.665. The number of fused-ring (bicyclic) bond motifs is 1. The second-order valence-electron chi connectivity index (χ2n) is 4.09. The fraction of sp³-hybridized carbons (Fsp3) is 0.231. The molecule has 0 N–H and O–H groups in total. The van der Waals surface area contributed by atoms with Crippen molar-refractivity contribution in [3.8, 4) is 11.3 Å². The van der Waals surface area contributed by atoms with E-state index in [4.69, 9.17) is 0 Å². The zero-order chi connectivity index (χ0) is 12.4. The van der Waals surface area contributed by atoms with Gasteiger partial charge >= 0.3 is 0 Å². The van der Waals surface area contributed by atoms with E-state index < -0.39 is 0 Å². The number of aromatic nitrogens is 5. The third-order valence-corrected chi connectivity index (χ3v) is 2.70. The van der Waals surface area contributed by atoms with Gasteiger partial charge in [0.05, 0.1) is 18.1 Å². The van der Waals surface area contributed by atoms with Crippen LogP contribution in [0.25, 0.3) is 22.4 Å². The molecule has 0 aromatic carbocycles. The molecule has 0 saturated heterocycles. The van der Waals surface area contributed by atoms with Gasteiger partial charge in [0.25, 0.3) is 0 Å². The molecular weight excluding hydrogens is 226 g/mol. The van der Waals surface area contributed by atoms with Crippen LogP contribution in [0.2, 0.25) is 0 Å². The monoisotopic (exact) mass is 239 g/mol. The Morgan fingerprint density at radius 1 is 1.22 bits per heavy atom. The number of nitrogens with zero attached hydrogens (tertiary/aromatic N) is 5. The summed E-state index contributed by atoms with van der Waals surface area (Å²) in [6.45, 7) is 3.04. The minimum absolute atomic E-state index is 0.665. The lowest BCUT2D eigenvalue weighted by molar-refractivity contribution is 0.603. The summed E-state index contributed by atoms with van der Waals surface area (Å²) in [4.78, 5) is 13.1. The molecule has 0 aliphatic heterocycles. The van der Waals surface area contributed by atoms with E-state index in [-0.39, 0.29) is 0 Å². The van der Waals surface area contributed by atoms with Crippen molar-refractivity contribution in [1.29, 1.82) is 0 Å². The Hall–Kier alpha value is -2.30. The van der Waals surface area contributed by atoms with Gasteiger partial charge in [0.15, 0.2) is 5.65 Å². The first-order valence-electron chi connectivity index (χ1n) is 5.97. The highest BCUT2D eigenvalue weighted by Gasteiger charge is 2.05. The molecule has 90 valence electrons. The van der Waals surface area contributed by atoms with Crippen LogP contribution in [-0.2, 0) is 6.54 Å². The Balaban J connectivity index is 2.02.